The summed E-state index contributed by atoms with van der Waals surface area (Å²) in [6.45, 7) is 6.17. The zero-order valence-corrected chi connectivity index (χ0v) is 9.78. The topological polar surface area (TPSA) is 63.8 Å². The number of fused-ring (bicyclic) bond motifs is 1. The molecule has 0 saturated carbocycles. The van der Waals surface area contributed by atoms with Crippen LogP contribution in [0.15, 0.2) is 18.2 Å². The molecule has 0 fully saturated rings. The molecule has 4 nitrogen and oxygen atoms in total. The first-order chi connectivity index (χ1) is 7.61. The Balaban J connectivity index is 2.73. The van der Waals surface area contributed by atoms with E-state index in [-0.39, 0.29) is 5.92 Å². The Labute approximate surface area is 94.9 Å². The SMILES string of the molecule is Cc1ccc2nc(C(C)C)nc(NN)c2c1. The Bertz CT molecular complexity index is 520. The fraction of sp³-hybridized carbons (Fsp3) is 0.333. The Hall–Kier alpha value is -1.68. The molecule has 1 aromatic carbocycles. The third kappa shape index (κ3) is 1.84. The molecule has 0 atom stereocenters. The molecule has 0 aliphatic rings. The van der Waals surface area contributed by atoms with Crippen LogP contribution < -0.4 is 11.3 Å². The van der Waals surface area contributed by atoms with Crippen molar-refractivity contribution in [2.45, 2.75) is 26.7 Å². The highest BCUT2D eigenvalue weighted by atomic mass is 15.3. The average Bonchev–Trinajstić information content (AvgIpc) is 2.27. The number of hydrogen-bond donors (Lipinski definition) is 2. The molecule has 1 aromatic heterocycles. The van der Waals surface area contributed by atoms with Gasteiger partial charge in [0.15, 0.2) is 5.82 Å². The quantitative estimate of drug-likeness (QED) is 0.597. The summed E-state index contributed by atoms with van der Waals surface area (Å²) >= 11 is 0. The van der Waals surface area contributed by atoms with E-state index in [2.05, 4.69) is 29.2 Å². The van der Waals surface area contributed by atoms with E-state index in [0.717, 1.165) is 16.7 Å². The van der Waals surface area contributed by atoms with Crippen LogP contribution in [0.4, 0.5) is 5.82 Å². The minimum absolute atomic E-state index is 0.290. The molecule has 0 unspecified atom stereocenters. The van der Waals surface area contributed by atoms with Crippen LogP contribution in [0.1, 0.15) is 31.2 Å². The van der Waals surface area contributed by atoms with Gasteiger partial charge in [-0.05, 0) is 19.1 Å². The van der Waals surface area contributed by atoms with Crippen molar-refractivity contribution in [1.82, 2.24) is 9.97 Å². The van der Waals surface area contributed by atoms with Crippen molar-refractivity contribution < 1.29 is 0 Å². The number of anilines is 1. The van der Waals surface area contributed by atoms with Crippen LogP contribution in [0.3, 0.4) is 0 Å². The monoisotopic (exact) mass is 216 g/mol. The predicted octanol–water partition coefficient (Wildman–Crippen LogP) is 2.35. The third-order valence-electron chi connectivity index (χ3n) is 2.52. The highest BCUT2D eigenvalue weighted by molar-refractivity contribution is 5.89. The molecule has 84 valence electrons. The highest BCUT2D eigenvalue weighted by Gasteiger charge is 2.09. The molecule has 0 aliphatic heterocycles. The van der Waals surface area contributed by atoms with Crippen LogP contribution >= 0.6 is 0 Å². The van der Waals surface area contributed by atoms with Crippen LogP contribution in [-0.2, 0) is 0 Å². The van der Waals surface area contributed by atoms with E-state index in [4.69, 9.17) is 5.84 Å². The van der Waals surface area contributed by atoms with Gasteiger partial charge in [-0.25, -0.2) is 15.8 Å². The van der Waals surface area contributed by atoms with E-state index >= 15 is 0 Å². The maximum Gasteiger partial charge on any atom is 0.151 e. The van der Waals surface area contributed by atoms with E-state index in [0.29, 0.717) is 5.82 Å². The number of aromatic nitrogens is 2. The minimum atomic E-state index is 0.290. The fourth-order valence-electron chi connectivity index (χ4n) is 1.63. The Morgan fingerprint density at radius 2 is 2.00 bits per heavy atom. The lowest BCUT2D eigenvalue weighted by molar-refractivity contribution is 0.783. The molecule has 4 heteroatoms. The lowest BCUT2D eigenvalue weighted by atomic mass is 10.1. The third-order valence-corrected chi connectivity index (χ3v) is 2.52. The molecule has 0 spiro atoms. The molecule has 2 aromatic rings. The molecular formula is C12H16N4. The molecule has 3 N–H and O–H groups in total. The van der Waals surface area contributed by atoms with Crippen molar-refractivity contribution in [2.75, 3.05) is 5.43 Å². The van der Waals surface area contributed by atoms with Crippen LogP contribution in [0, 0.1) is 6.92 Å². The Kier molecular flexibility index (Phi) is 2.75. The normalized spacial score (nSPS) is 11.1. The first kappa shape index (κ1) is 10.8. The van der Waals surface area contributed by atoms with Crippen molar-refractivity contribution in [3.63, 3.8) is 0 Å². The Morgan fingerprint density at radius 3 is 2.62 bits per heavy atom. The van der Waals surface area contributed by atoms with Crippen molar-refractivity contribution in [3.8, 4) is 0 Å². The van der Waals surface area contributed by atoms with Crippen molar-refractivity contribution in [2.24, 2.45) is 5.84 Å². The van der Waals surface area contributed by atoms with Crippen LogP contribution in [0.5, 0.6) is 0 Å². The molecule has 1 heterocycles. The van der Waals surface area contributed by atoms with Crippen molar-refractivity contribution in [1.29, 1.82) is 0 Å². The van der Waals surface area contributed by atoms with Gasteiger partial charge in [0, 0.05) is 11.3 Å². The van der Waals surface area contributed by atoms with E-state index in [1.807, 2.05) is 25.1 Å². The van der Waals surface area contributed by atoms with E-state index in [1.54, 1.807) is 0 Å². The lowest BCUT2D eigenvalue weighted by Crippen LogP contribution is -2.11. The summed E-state index contributed by atoms with van der Waals surface area (Å²) in [4.78, 5) is 8.93. The summed E-state index contributed by atoms with van der Waals surface area (Å²) in [6, 6.07) is 6.08. The predicted molar refractivity (Wildman–Crippen MR) is 66.2 cm³/mol. The number of hydrazine groups is 1. The van der Waals surface area contributed by atoms with Gasteiger partial charge in [-0.3, -0.25) is 0 Å². The van der Waals surface area contributed by atoms with Gasteiger partial charge in [-0.15, -0.1) is 0 Å². The molecule has 0 aliphatic carbocycles. The lowest BCUT2D eigenvalue weighted by Gasteiger charge is -2.10. The van der Waals surface area contributed by atoms with Crippen LogP contribution in [0.2, 0.25) is 0 Å². The zero-order valence-electron chi connectivity index (χ0n) is 9.78. The fourth-order valence-corrected chi connectivity index (χ4v) is 1.63. The summed E-state index contributed by atoms with van der Waals surface area (Å²) in [5.74, 6) is 7.29. The largest absolute Gasteiger partial charge is 0.308 e. The molecule has 0 amide bonds. The number of nitrogen functional groups attached to an aromatic ring is 1. The van der Waals surface area contributed by atoms with E-state index in [9.17, 15) is 0 Å². The molecule has 0 saturated heterocycles. The highest BCUT2D eigenvalue weighted by Crippen LogP contribution is 2.23. The second-order valence-electron chi connectivity index (χ2n) is 4.25. The summed E-state index contributed by atoms with van der Waals surface area (Å²) in [5, 5.41) is 0.965. The second-order valence-corrected chi connectivity index (χ2v) is 4.25. The number of rotatable bonds is 2. The zero-order chi connectivity index (χ0) is 11.7. The molecule has 0 bridgehead atoms. The van der Waals surface area contributed by atoms with Gasteiger partial charge in [0.2, 0.25) is 0 Å². The molecular weight excluding hydrogens is 200 g/mol. The number of hydrogen-bond acceptors (Lipinski definition) is 4. The van der Waals surface area contributed by atoms with Gasteiger partial charge in [0.25, 0.3) is 0 Å². The maximum atomic E-state index is 5.49. The standard InChI is InChI=1S/C12H16N4/c1-7(2)11-14-10-5-4-8(3)6-9(10)12(15-11)16-13/h4-7H,13H2,1-3H3,(H,14,15,16). The van der Waals surface area contributed by atoms with Gasteiger partial charge in [0.1, 0.15) is 5.82 Å². The van der Waals surface area contributed by atoms with Crippen LogP contribution in [0.25, 0.3) is 10.9 Å². The smallest absolute Gasteiger partial charge is 0.151 e. The number of nitrogens with zero attached hydrogens (tertiary/aromatic N) is 2. The first-order valence-corrected chi connectivity index (χ1v) is 5.36. The summed E-state index contributed by atoms with van der Waals surface area (Å²) in [7, 11) is 0. The van der Waals surface area contributed by atoms with Gasteiger partial charge < -0.3 is 5.43 Å². The van der Waals surface area contributed by atoms with Gasteiger partial charge in [-0.1, -0.05) is 25.5 Å². The van der Waals surface area contributed by atoms with Crippen LogP contribution in [-0.4, -0.2) is 9.97 Å². The molecule has 2 rings (SSSR count). The van der Waals surface area contributed by atoms with E-state index < -0.39 is 0 Å². The number of nitrogens with two attached hydrogens (primary N) is 1. The summed E-state index contributed by atoms with van der Waals surface area (Å²) < 4.78 is 0. The van der Waals surface area contributed by atoms with Crippen molar-refractivity contribution in [3.05, 3.63) is 29.6 Å². The average molecular weight is 216 g/mol. The second kappa shape index (κ2) is 4.06. The van der Waals surface area contributed by atoms with Crippen molar-refractivity contribution >= 4 is 16.7 Å². The number of benzene rings is 1. The number of nitrogens with one attached hydrogen (secondary N) is 1. The van der Waals surface area contributed by atoms with Gasteiger partial charge in [-0.2, -0.15) is 0 Å². The summed E-state index contributed by atoms with van der Waals surface area (Å²) in [6.07, 6.45) is 0. The molecule has 16 heavy (non-hydrogen) atoms. The summed E-state index contributed by atoms with van der Waals surface area (Å²) in [5.41, 5.74) is 4.74. The number of aryl methyl sites for hydroxylation is 1. The minimum Gasteiger partial charge on any atom is -0.308 e. The van der Waals surface area contributed by atoms with Gasteiger partial charge >= 0.3 is 0 Å². The Morgan fingerprint density at radius 1 is 1.25 bits per heavy atom. The van der Waals surface area contributed by atoms with Gasteiger partial charge in [0.05, 0.1) is 5.52 Å². The molecule has 0 radical (unpaired) electrons. The first-order valence-electron chi connectivity index (χ1n) is 5.36. The maximum absolute atomic E-state index is 5.49. The van der Waals surface area contributed by atoms with E-state index in [1.165, 1.54) is 5.56 Å².